The van der Waals surface area contributed by atoms with E-state index in [0.29, 0.717) is 28.6 Å². The molecule has 2 aromatic heterocycles. The van der Waals surface area contributed by atoms with E-state index in [4.69, 9.17) is 0 Å². The molecule has 0 aliphatic carbocycles. The van der Waals surface area contributed by atoms with E-state index < -0.39 is 21.7 Å². The van der Waals surface area contributed by atoms with Gasteiger partial charge < -0.3 is 4.98 Å². The van der Waals surface area contributed by atoms with Gasteiger partial charge in [-0.15, -0.1) is 11.3 Å². The molecule has 3 rings (SSSR count). The lowest BCUT2D eigenvalue weighted by Gasteiger charge is -2.07. The number of anilines is 1. The molecule has 0 amide bonds. The summed E-state index contributed by atoms with van der Waals surface area (Å²) < 4.78 is 53.8. The molecule has 0 saturated carbocycles. The Morgan fingerprint density at radius 3 is 2.41 bits per heavy atom. The van der Waals surface area contributed by atoms with Crippen molar-refractivity contribution in [1.29, 1.82) is 0 Å². The predicted molar refractivity (Wildman–Crippen MR) is 102 cm³/mol. The van der Waals surface area contributed by atoms with Crippen molar-refractivity contribution in [3.05, 3.63) is 69.6 Å². The molecule has 2 N–H and O–H groups in total. The maximum absolute atomic E-state index is 13.3. The van der Waals surface area contributed by atoms with Crippen molar-refractivity contribution < 1.29 is 17.2 Å². The Labute approximate surface area is 158 Å². The maximum atomic E-state index is 13.3. The summed E-state index contributed by atoms with van der Waals surface area (Å²) in [6.45, 7) is 3.59. The predicted octanol–water partition coefficient (Wildman–Crippen LogP) is 4.05. The van der Waals surface area contributed by atoms with Crippen LogP contribution < -0.4 is 10.3 Å². The summed E-state index contributed by atoms with van der Waals surface area (Å²) in [5.41, 5.74) is 1.59. The number of aromatic amines is 1. The third-order valence-corrected chi connectivity index (χ3v) is 6.91. The zero-order chi connectivity index (χ0) is 19.8. The number of aryl methyl sites for hydroxylation is 2. The van der Waals surface area contributed by atoms with Crippen molar-refractivity contribution in [1.82, 2.24) is 4.98 Å². The van der Waals surface area contributed by atoms with Gasteiger partial charge in [-0.05, 0) is 43.7 Å². The Balaban J connectivity index is 1.96. The van der Waals surface area contributed by atoms with Gasteiger partial charge in [-0.25, -0.2) is 17.2 Å². The number of hydrogen-bond acceptors (Lipinski definition) is 4. The van der Waals surface area contributed by atoms with Gasteiger partial charge >= 0.3 is 0 Å². The van der Waals surface area contributed by atoms with E-state index in [1.807, 2.05) is 6.92 Å². The SMILES string of the molecule is CCc1cc(-c2ccc(S(=O)(=O)Nc3cc(F)cc(F)c3)s2)c(C)[nH]c1=O. The highest BCUT2D eigenvalue weighted by atomic mass is 32.2. The van der Waals surface area contributed by atoms with Crippen molar-refractivity contribution in [3.8, 4) is 10.4 Å². The molecule has 3 aromatic rings. The number of hydrogen-bond donors (Lipinski definition) is 2. The molecule has 0 bridgehead atoms. The van der Waals surface area contributed by atoms with E-state index in [2.05, 4.69) is 9.71 Å². The largest absolute Gasteiger partial charge is 0.326 e. The monoisotopic (exact) mass is 410 g/mol. The molecule has 27 heavy (non-hydrogen) atoms. The summed E-state index contributed by atoms with van der Waals surface area (Å²) in [6.07, 6.45) is 0.547. The summed E-state index contributed by atoms with van der Waals surface area (Å²) in [4.78, 5) is 15.3. The van der Waals surface area contributed by atoms with Gasteiger partial charge in [-0.2, -0.15) is 0 Å². The second-order valence-electron chi connectivity index (χ2n) is 5.90. The van der Waals surface area contributed by atoms with E-state index >= 15 is 0 Å². The number of rotatable bonds is 5. The van der Waals surface area contributed by atoms with Gasteiger partial charge in [0.2, 0.25) is 0 Å². The van der Waals surface area contributed by atoms with E-state index in [1.165, 1.54) is 6.07 Å². The number of benzene rings is 1. The van der Waals surface area contributed by atoms with Crippen LogP contribution in [-0.2, 0) is 16.4 Å². The average Bonchev–Trinajstić information content (AvgIpc) is 3.04. The molecule has 2 heterocycles. The first-order valence-electron chi connectivity index (χ1n) is 8.01. The Kier molecular flexibility index (Phi) is 5.16. The van der Waals surface area contributed by atoms with Crippen molar-refractivity contribution in [2.24, 2.45) is 0 Å². The van der Waals surface area contributed by atoms with Crippen molar-refractivity contribution in [2.45, 2.75) is 24.5 Å². The number of pyridine rings is 1. The molecule has 0 saturated heterocycles. The highest BCUT2D eigenvalue weighted by Gasteiger charge is 2.19. The third kappa shape index (κ3) is 4.09. The van der Waals surface area contributed by atoms with Crippen LogP contribution in [0.3, 0.4) is 0 Å². The number of thiophene rings is 1. The van der Waals surface area contributed by atoms with Crippen LogP contribution in [0.4, 0.5) is 14.5 Å². The minimum Gasteiger partial charge on any atom is -0.326 e. The summed E-state index contributed by atoms with van der Waals surface area (Å²) in [6, 6.07) is 7.24. The lowest BCUT2D eigenvalue weighted by Crippen LogP contribution is -2.13. The number of halogens is 2. The van der Waals surface area contributed by atoms with Gasteiger partial charge in [0, 0.05) is 27.8 Å². The van der Waals surface area contributed by atoms with Gasteiger partial charge in [0.15, 0.2) is 0 Å². The summed E-state index contributed by atoms with van der Waals surface area (Å²) in [5, 5.41) is 0. The molecule has 0 aliphatic heterocycles. The van der Waals surface area contributed by atoms with Crippen LogP contribution in [-0.4, -0.2) is 13.4 Å². The molecule has 0 spiro atoms. The Bertz CT molecular complexity index is 1150. The molecule has 0 aliphatic rings. The summed E-state index contributed by atoms with van der Waals surface area (Å²) >= 11 is 1.000. The summed E-state index contributed by atoms with van der Waals surface area (Å²) in [7, 11) is -4.01. The average molecular weight is 410 g/mol. The molecule has 9 heteroatoms. The van der Waals surface area contributed by atoms with Gasteiger partial charge in [0.1, 0.15) is 15.8 Å². The van der Waals surface area contributed by atoms with Crippen LogP contribution in [0.25, 0.3) is 10.4 Å². The third-order valence-electron chi connectivity index (χ3n) is 3.92. The number of aromatic nitrogens is 1. The molecule has 142 valence electrons. The smallest absolute Gasteiger partial charge is 0.271 e. The zero-order valence-electron chi connectivity index (χ0n) is 14.5. The molecule has 5 nitrogen and oxygen atoms in total. The quantitative estimate of drug-likeness (QED) is 0.666. The number of H-pyrrole nitrogens is 1. The Hall–Kier alpha value is -2.52. The van der Waals surface area contributed by atoms with Crippen molar-refractivity contribution in [2.75, 3.05) is 4.72 Å². The molecule has 1 aromatic carbocycles. The zero-order valence-corrected chi connectivity index (χ0v) is 16.1. The highest BCUT2D eigenvalue weighted by molar-refractivity contribution is 7.94. The Morgan fingerprint density at radius 1 is 1.11 bits per heavy atom. The van der Waals surface area contributed by atoms with Crippen LogP contribution >= 0.6 is 11.3 Å². The maximum Gasteiger partial charge on any atom is 0.271 e. The van der Waals surface area contributed by atoms with Crippen molar-refractivity contribution in [3.63, 3.8) is 0 Å². The fourth-order valence-electron chi connectivity index (χ4n) is 2.61. The minimum atomic E-state index is -4.01. The minimum absolute atomic E-state index is 0.00850. The fourth-order valence-corrected chi connectivity index (χ4v) is 5.03. The molecular formula is C18H16F2N2O3S2. The first-order chi connectivity index (χ1) is 12.7. The molecule has 0 unspecified atom stereocenters. The molecule has 0 atom stereocenters. The van der Waals surface area contributed by atoms with E-state index in [0.717, 1.165) is 29.0 Å². The second kappa shape index (κ2) is 7.24. The topological polar surface area (TPSA) is 79.0 Å². The van der Waals surface area contributed by atoms with Gasteiger partial charge in [0.25, 0.3) is 15.6 Å². The van der Waals surface area contributed by atoms with Gasteiger partial charge in [0.05, 0.1) is 5.69 Å². The van der Waals surface area contributed by atoms with Crippen LogP contribution in [0.5, 0.6) is 0 Å². The van der Waals surface area contributed by atoms with E-state index in [1.54, 1.807) is 19.1 Å². The number of sulfonamides is 1. The highest BCUT2D eigenvalue weighted by Crippen LogP contribution is 2.33. The lowest BCUT2D eigenvalue weighted by molar-refractivity contribution is 0.584. The lowest BCUT2D eigenvalue weighted by atomic mass is 10.1. The second-order valence-corrected chi connectivity index (χ2v) is 8.89. The Morgan fingerprint density at radius 2 is 1.78 bits per heavy atom. The standard InChI is InChI=1S/C18H16F2N2O3S2/c1-3-11-6-15(10(2)21-18(11)23)16-4-5-17(26-16)27(24,25)22-14-8-12(19)7-13(20)9-14/h4-9,22H,3H2,1-2H3,(H,21,23). The van der Waals surface area contributed by atoms with Crippen molar-refractivity contribution >= 4 is 27.0 Å². The van der Waals surface area contributed by atoms with Crippen LogP contribution in [0.15, 0.2) is 45.4 Å². The molecular weight excluding hydrogens is 394 g/mol. The molecule has 0 radical (unpaired) electrons. The first-order valence-corrected chi connectivity index (χ1v) is 10.3. The summed E-state index contributed by atoms with van der Waals surface area (Å²) in [5.74, 6) is -1.76. The van der Waals surface area contributed by atoms with E-state index in [-0.39, 0.29) is 15.5 Å². The van der Waals surface area contributed by atoms with Crippen LogP contribution in [0.2, 0.25) is 0 Å². The first kappa shape index (κ1) is 19.2. The van der Waals surface area contributed by atoms with Crippen LogP contribution in [0, 0.1) is 18.6 Å². The normalized spacial score (nSPS) is 11.6. The van der Waals surface area contributed by atoms with Crippen LogP contribution in [0.1, 0.15) is 18.2 Å². The van der Waals surface area contributed by atoms with Gasteiger partial charge in [-0.3, -0.25) is 9.52 Å². The van der Waals surface area contributed by atoms with E-state index in [9.17, 15) is 22.0 Å². The van der Waals surface area contributed by atoms with Gasteiger partial charge in [-0.1, -0.05) is 6.92 Å². The molecule has 0 fully saturated rings. The number of nitrogens with one attached hydrogen (secondary N) is 2. The fraction of sp³-hybridized carbons (Fsp3) is 0.167.